The number of carbonyl (C=O) groups is 1. The van der Waals surface area contributed by atoms with Crippen LogP contribution in [0.2, 0.25) is 0 Å². The van der Waals surface area contributed by atoms with E-state index in [1.165, 1.54) is 0 Å². The van der Waals surface area contributed by atoms with Crippen LogP contribution in [0.25, 0.3) is 0 Å². The Morgan fingerprint density at radius 2 is 2.43 bits per heavy atom. The van der Waals surface area contributed by atoms with Crippen LogP contribution < -0.4 is 9.64 Å². The zero-order valence-corrected chi connectivity index (χ0v) is 8.06. The lowest BCUT2D eigenvalue weighted by Crippen LogP contribution is -2.24. The number of anilines is 1. The van der Waals surface area contributed by atoms with E-state index in [0.29, 0.717) is 12.2 Å². The standard InChI is InChI=1S/C10H12N2O2/c1-14-9-4-5-11-7-8(9)12-6-2-3-10(12)13/h4-5,7H,2-3,6H2,1H3. The highest BCUT2D eigenvalue weighted by atomic mass is 16.5. The summed E-state index contributed by atoms with van der Waals surface area (Å²) < 4.78 is 5.17. The molecule has 1 aliphatic rings. The molecule has 0 N–H and O–H groups in total. The lowest BCUT2D eigenvalue weighted by molar-refractivity contribution is -0.117. The first-order chi connectivity index (χ1) is 6.83. The molecule has 0 aliphatic carbocycles. The lowest BCUT2D eigenvalue weighted by Gasteiger charge is -2.17. The molecule has 4 heteroatoms. The van der Waals surface area contributed by atoms with Gasteiger partial charge in [-0.1, -0.05) is 0 Å². The van der Waals surface area contributed by atoms with E-state index in [2.05, 4.69) is 4.98 Å². The van der Waals surface area contributed by atoms with Gasteiger partial charge in [0.15, 0.2) is 0 Å². The first-order valence-electron chi connectivity index (χ1n) is 4.61. The zero-order valence-electron chi connectivity index (χ0n) is 8.06. The molecule has 0 aromatic carbocycles. The quantitative estimate of drug-likeness (QED) is 0.707. The molecule has 1 saturated heterocycles. The Bertz CT molecular complexity index is 352. The molecule has 0 unspecified atom stereocenters. The van der Waals surface area contributed by atoms with E-state index in [1.54, 1.807) is 30.5 Å². The van der Waals surface area contributed by atoms with Gasteiger partial charge in [-0.3, -0.25) is 9.78 Å². The van der Waals surface area contributed by atoms with Crippen molar-refractivity contribution in [2.75, 3.05) is 18.6 Å². The number of hydrogen-bond acceptors (Lipinski definition) is 3. The molecular weight excluding hydrogens is 180 g/mol. The van der Waals surface area contributed by atoms with Crippen molar-refractivity contribution in [2.24, 2.45) is 0 Å². The second-order valence-electron chi connectivity index (χ2n) is 3.20. The van der Waals surface area contributed by atoms with Crippen molar-refractivity contribution in [1.82, 2.24) is 4.98 Å². The summed E-state index contributed by atoms with van der Waals surface area (Å²) in [5.74, 6) is 0.853. The van der Waals surface area contributed by atoms with E-state index < -0.39 is 0 Å². The average Bonchev–Trinajstić information content (AvgIpc) is 2.64. The van der Waals surface area contributed by atoms with Crippen molar-refractivity contribution >= 4 is 11.6 Å². The predicted molar refractivity (Wildman–Crippen MR) is 52.4 cm³/mol. The number of aromatic nitrogens is 1. The molecule has 1 aromatic heterocycles. The molecule has 0 radical (unpaired) electrons. The number of ether oxygens (including phenoxy) is 1. The number of nitrogens with zero attached hydrogens (tertiary/aromatic N) is 2. The Morgan fingerprint density at radius 1 is 1.57 bits per heavy atom. The van der Waals surface area contributed by atoms with E-state index in [1.807, 2.05) is 0 Å². The van der Waals surface area contributed by atoms with Crippen LogP contribution in [0.1, 0.15) is 12.8 Å². The molecule has 14 heavy (non-hydrogen) atoms. The second-order valence-corrected chi connectivity index (χ2v) is 3.20. The molecule has 1 fully saturated rings. The number of pyridine rings is 1. The fourth-order valence-electron chi connectivity index (χ4n) is 1.65. The van der Waals surface area contributed by atoms with Gasteiger partial charge >= 0.3 is 0 Å². The molecule has 1 aliphatic heterocycles. The van der Waals surface area contributed by atoms with Crippen molar-refractivity contribution in [3.05, 3.63) is 18.5 Å². The maximum atomic E-state index is 11.5. The minimum absolute atomic E-state index is 0.149. The van der Waals surface area contributed by atoms with E-state index in [9.17, 15) is 4.79 Å². The first kappa shape index (κ1) is 8.99. The zero-order chi connectivity index (χ0) is 9.97. The van der Waals surface area contributed by atoms with Gasteiger partial charge < -0.3 is 9.64 Å². The van der Waals surface area contributed by atoms with Gasteiger partial charge in [0.2, 0.25) is 5.91 Å². The molecule has 1 aromatic rings. The van der Waals surface area contributed by atoms with Crippen LogP contribution in [0.4, 0.5) is 5.69 Å². The van der Waals surface area contributed by atoms with Crippen LogP contribution in [0.5, 0.6) is 5.75 Å². The fourth-order valence-corrected chi connectivity index (χ4v) is 1.65. The van der Waals surface area contributed by atoms with Crippen LogP contribution in [0.15, 0.2) is 18.5 Å². The highest BCUT2D eigenvalue weighted by Gasteiger charge is 2.24. The average molecular weight is 192 g/mol. The summed E-state index contributed by atoms with van der Waals surface area (Å²) in [6.07, 6.45) is 4.86. The molecular formula is C10H12N2O2. The Hall–Kier alpha value is -1.58. The SMILES string of the molecule is COc1ccncc1N1CCCC1=O. The molecule has 0 atom stereocenters. The maximum Gasteiger partial charge on any atom is 0.227 e. The van der Waals surface area contributed by atoms with Crippen LogP contribution in [-0.2, 0) is 4.79 Å². The molecule has 0 saturated carbocycles. The van der Waals surface area contributed by atoms with E-state index in [4.69, 9.17) is 4.74 Å². The van der Waals surface area contributed by atoms with Crippen molar-refractivity contribution in [3.63, 3.8) is 0 Å². The summed E-state index contributed by atoms with van der Waals surface area (Å²) in [6.45, 7) is 0.765. The topological polar surface area (TPSA) is 42.4 Å². The summed E-state index contributed by atoms with van der Waals surface area (Å²) in [5, 5.41) is 0. The highest BCUT2D eigenvalue weighted by molar-refractivity contribution is 5.96. The predicted octanol–water partition coefficient (Wildman–Crippen LogP) is 1.22. The Kier molecular flexibility index (Phi) is 2.35. The van der Waals surface area contributed by atoms with Crippen molar-refractivity contribution in [1.29, 1.82) is 0 Å². The first-order valence-corrected chi connectivity index (χ1v) is 4.61. The number of hydrogen-bond donors (Lipinski definition) is 0. The minimum atomic E-state index is 0.149. The Labute approximate surface area is 82.5 Å². The summed E-state index contributed by atoms with van der Waals surface area (Å²) in [5.41, 5.74) is 0.775. The van der Waals surface area contributed by atoms with Crippen LogP contribution >= 0.6 is 0 Å². The van der Waals surface area contributed by atoms with Crippen LogP contribution in [-0.4, -0.2) is 24.5 Å². The molecule has 2 rings (SSSR count). The van der Waals surface area contributed by atoms with Gasteiger partial charge in [0.1, 0.15) is 11.4 Å². The largest absolute Gasteiger partial charge is 0.494 e. The summed E-state index contributed by atoms with van der Waals surface area (Å²) in [4.78, 5) is 17.2. The molecule has 1 amide bonds. The fraction of sp³-hybridized carbons (Fsp3) is 0.400. The van der Waals surface area contributed by atoms with E-state index >= 15 is 0 Å². The lowest BCUT2D eigenvalue weighted by atomic mass is 10.3. The number of methoxy groups -OCH3 is 1. The van der Waals surface area contributed by atoms with Gasteiger partial charge in [-0.15, -0.1) is 0 Å². The van der Waals surface area contributed by atoms with Crippen molar-refractivity contribution in [2.45, 2.75) is 12.8 Å². The Morgan fingerprint density at radius 3 is 3.07 bits per heavy atom. The van der Waals surface area contributed by atoms with Crippen LogP contribution in [0.3, 0.4) is 0 Å². The smallest absolute Gasteiger partial charge is 0.227 e. The van der Waals surface area contributed by atoms with Gasteiger partial charge in [-0.25, -0.2) is 0 Å². The van der Waals surface area contributed by atoms with Gasteiger partial charge in [0, 0.05) is 25.2 Å². The molecule has 74 valence electrons. The summed E-state index contributed by atoms with van der Waals surface area (Å²) in [6, 6.07) is 1.76. The number of carbonyl (C=O) groups excluding carboxylic acids is 1. The number of amides is 1. The maximum absolute atomic E-state index is 11.5. The van der Waals surface area contributed by atoms with E-state index in [0.717, 1.165) is 18.7 Å². The minimum Gasteiger partial charge on any atom is -0.494 e. The summed E-state index contributed by atoms with van der Waals surface area (Å²) >= 11 is 0. The van der Waals surface area contributed by atoms with Crippen LogP contribution in [0, 0.1) is 0 Å². The molecule has 0 bridgehead atoms. The third-order valence-corrected chi connectivity index (χ3v) is 2.35. The highest BCUT2D eigenvalue weighted by Crippen LogP contribution is 2.29. The normalized spacial score (nSPS) is 16.1. The third-order valence-electron chi connectivity index (χ3n) is 2.35. The van der Waals surface area contributed by atoms with Gasteiger partial charge in [0.05, 0.1) is 13.3 Å². The molecule has 4 nitrogen and oxygen atoms in total. The second kappa shape index (κ2) is 3.65. The van der Waals surface area contributed by atoms with Gasteiger partial charge in [0.25, 0.3) is 0 Å². The van der Waals surface area contributed by atoms with Crippen molar-refractivity contribution in [3.8, 4) is 5.75 Å². The van der Waals surface area contributed by atoms with Crippen molar-refractivity contribution < 1.29 is 9.53 Å². The van der Waals surface area contributed by atoms with Gasteiger partial charge in [-0.2, -0.15) is 0 Å². The summed E-state index contributed by atoms with van der Waals surface area (Å²) in [7, 11) is 1.60. The van der Waals surface area contributed by atoms with E-state index in [-0.39, 0.29) is 5.91 Å². The Balaban J connectivity index is 2.35. The van der Waals surface area contributed by atoms with Gasteiger partial charge in [-0.05, 0) is 6.42 Å². The third kappa shape index (κ3) is 1.43. The number of rotatable bonds is 2. The monoisotopic (exact) mass is 192 g/mol. The molecule has 2 heterocycles. The molecule has 0 spiro atoms.